The SMILES string of the molecule is CC1NCOC1COC1CCC2CN(C[C@@H](O)CNC(=O)C3CC(NC4COC4)NC(N4CCN(C(C)(C)C)CC4)N3)CCC2C1. The van der Waals surface area contributed by atoms with E-state index in [9.17, 15) is 9.90 Å². The number of hydrogen-bond donors (Lipinski definition) is 6. The number of aliphatic hydroxyl groups excluding tert-OH is 1. The maximum atomic E-state index is 13.5. The maximum Gasteiger partial charge on any atom is 0.237 e. The lowest BCUT2D eigenvalue weighted by molar-refractivity contribution is -0.126. The van der Waals surface area contributed by atoms with E-state index in [1.165, 1.54) is 6.42 Å². The Morgan fingerprint density at radius 2 is 1.85 bits per heavy atom. The highest BCUT2D eigenvalue weighted by Gasteiger charge is 2.39. The van der Waals surface area contributed by atoms with Crippen LogP contribution in [0.3, 0.4) is 0 Å². The second-order valence-corrected chi connectivity index (χ2v) is 15.7. The summed E-state index contributed by atoms with van der Waals surface area (Å²) in [4.78, 5) is 20.8. The molecular formula is C33H62N8O5. The van der Waals surface area contributed by atoms with Gasteiger partial charge in [0, 0.05) is 63.8 Å². The third kappa shape index (κ3) is 9.17. The molecule has 9 atom stereocenters. The van der Waals surface area contributed by atoms with Crippen molar-refractivity contribution in [2.24, 2.45) is 11.8 Å². The Morgan fingerprint density at radius 1 is 1.04 bits per heavy atom. The number of fused-ring (bicyclic) bond motifs is 1. The van der Waals surface area contributed by atoms with Crippen LogP contribution in [0.15, 0.2) is 0 Å². The first-order valence-electron chi connectivity index (χ1n) is 18.1. The van der Waals surface area contributed by atoms with Crippen LogP contribution < -0.4 is 26.6 Å². The molecule has 6 aliphatic rings. The first-order valence-corrected chi connectivity index (χ1v) is 18.1. The number of nitrogens with one attached hydrogen (secondary N) is 5. The number of rotatable bonds is 11. The zero-order valence-electron chi connectivity index (χ0n) is 28.7. The Hall–Kier alpha value is -0.970. The van der Waals surface area contributed by atoms with E-state index in [4.69, 9.17) is 14.2 Å². The fourth-order valence-electron chi connectivity index (χ4n) is 8.23. The number of aliphatic hydroxyl groups is 1. The molecule has 46 heavy (non-hydrogen) atoms. The van der Waals surface area contributed by atoms with Crippen LogP contribution in [0.1, 0.15) is 59.8 Å². The number of β-amino-alcohol motifs (C(OH)–C–C–N with tert-alkyl or cyclic N) is 1. The zero-order valence-corrected chi connectivity index (χ0v) is 28.7. The predicted molar refractivity (Wildman–Crippen MR) is 176 cm³/mol. The van der Waals surface area contributed by atoms with E-state index in [1.807, 2.05) is 0 Å². The third-order valence-corrected chi connectivity index (χ3v) is 11.3. The first-order chi connectivity index (χ1) is 22.1. The highest BCUT2D eigenvalue weighted by molar-refractivity contribution is 5.82. The third-order valence-electron chi connectivity index (χ3n) is 11.3. The van der Waals surface area contributed by atoms with Gasteiger partial charge in [-0.1, -0.05) is 0 Å². The lowest BCUT2D eigenvalue weighted by atomic mass is 9.74. The van der Waals surface area contributed by atoms with E-state index in [0.717, 1.165) is 58.5 Å². The van der Waals surface area contributed by atoms with E-state index in [0.29, 0.717) is 69.5 Å². The van der Waals surface area contributed by atoms with Crippen molar-refractivity contribution in [3.8, 4) is 0 Å². The average Bonchev–Trinajstić information content (AvgIpc) is 3.44. The molecule has 1 saturated carbocycles. The molecule has 6 rings (SSSR count). The van der Waals surface area contributed by atoms with Crippen LogP contribution in [-0.2, 0) is 19.0 Å². The van der Waals surface area contributed by atoms with Gasteiger partial charge in [0.1, 0.15) is 6.29 Å². The summed E-state index contributed by atoms with van der Waals surface area (Å²) < 4.78 is 17.4. The fraction of sp³-hybridized carbons (Fsp3) is 0.970. The van der Waals surface area contributed by atoms with Crippen molar-refractivity contribution < 1.29 is 24.1 Å². The molecule has 1 aliphatic carbocycles. The second kappa shape index (κ2) is 15.7. The molecule has 0 aromatic rings. The van der Waals surface area contributed by atoms with Crippen LogP contribution in [0.2, 0.25) is 0 Å². The first kappa shape index (κ1) is 34.9. The van der Waals surface area contributed by atoms with Crippen molar-refractivity contribution in [3.05, 3.63) is 0 Å². The van der Waals surface area contributed by atoms with E-state index >= 15 is 0 Å². The molecule has 8 unspecified atom stereocenters. The summed E-state index contributed by atoms with van der Waals surface area (Å²) >= 11 is 0. The van der Waals surface area contributed by atoms with Crippen molar-refractivity contribution in [3.63, 3.8) is 0 Å². The molecular weight excluding hydrogens is 588 g/mol. The molecule has 0 bridgehead atoms. The van der Waals surface area contributed by atoms with Crippen molar-refractivity contribution in [2.45, 2.75) is 114 Å². The molecule has 5 heterocycles. The van der Waals surface area contributed by atoms with Crippen molar-refractivity contribution in [1.82, 2.24) is 41.3 Å². The van der Waals surface area contributed by atoms with Crippen molar-refractivity contribution >= 4 is 5.91 Å². The van der Waals surface area contributed by atoms with E-state index < -0.39 is 6.10 Å². The van der Waals surface area contributed by atoms with Crippen LogP contribution in [0, 0.1) is 11.8 Å². The molecule has 13 heteroatoms. The Balaban J connectivity index is 0.926. The quantitative estimate of drug-likeness (QED) is 0.168. The number of likely N-dealkylation sites (tertiary alicyclic amines) is 1. The Bertz CT molecular complexity index is 976. The summed E-state index contributed by atoms with van der Waals surface area (Å²) in [5, 5.41) is 28.3. The molecule has 5 saturated heterocycles. The molecule has 0 spiro atoms. The second-order valence-electron chi connectivity index (χ2n) is 15.7. The van der Waals surface area contributed by atoms with Crippen LogP contribution in [0.4, 0.5) is 0 Å². The molecule has 6 fully saturated rings. The summed E-state index contributed by atoms with van der Waals surface area (Å²) in [7, 11) is 0. The smallest absolute Gasteiger partial charge is 0.237 e. The fourth-order valence-corrected chi connectivity index (χ4v) is 8.23. The maximum absolute atomic E-state index is 13.5. The van der Waals surface area contributed by atoms with Gasteiger partial charge in [-0.25, -0.2) is 0 Å². The van der Waals surface area contributed by atoms with Gasteiger partial charge in [0.15, 0.2) is 0 Å². The summed E-state index contributed by atoms with van der Waals surface area (Å²) in [5.41, 5.74) is 0.156. The van der Waals surface area contributed by atoms with Gasteiger partial charge in [0.25, 0.3) is 0 Å². The number of carbonyl (C=O) groups is 1. The summed E-state index contributed by atoms with van der Waals surface area (Å²) in [5.74, 6) is 1.31. The van der Waals surface area contributed by atoms with Gasteiger partial charge in [0.2, 0.25) is 5.91 Å². The molecule has 0 aromatic heterocycles. The van der Waals surface area contributed by atoms with E-state index in [1.54, 1.807) is 0 Å². The number of carbonyl (C=O) groups excluding carboxylic acids is 1. The molecule has 13 nitrogen and oxygen atoms in total. The normalized spacial score (nSPS) is 37.8. The van der Waals surface area contributed by atoms with Gasteiger partial charge in [-0.05, 0) is 71.8 Å². The molecule has 1 amide bonds. The minimum absolute atomic E-state index is 0.0138. The summed E-state index contributed by atoms with van der Waals surface area (Å²) in [6, 6.07) is 0.328. The average molecular weight is 651 g/mol. The molecule has 0 aromatic carbocycles. The van der Waals surface area contributed by atoms with Crippen LogP contribution in [-0.4, -0.2) is 159 Å². The lowest BCUT2D eigenvalue weighted by Gasteiger charge is -2.48. The van der Waals surface area contributed by atoms with Crippen molar-refractivity contribution in [1.29, 1.82) is 0 Å². The minimum atomic E-state index is -0.591. The largest absolute Gasteiger partial charge is 0.390 e. The summed E-state index contributed by atoms with van der Waals surface area (Å²) in [6.45, 7) is 18.4. The summed E-state index contributed by atoms with van der Waals surface area (Å²) in [6.07, 6.45) is 5.01. The molecule has 264 valence electrons. The molecule has 0 radical (unpaired) electrons. The van der Waals surface area contributed by atoms with Crippen LogP contribution in [0.25, 0.3) is 0 Å². The lowest BCUT2D eigenvalue weighted by Crippen LogP contribution is -2.73. The Labute approximate surface area is 276 Å². The minimum Gasteiger partial charge on any atom is -0.390 e. The number of hydrogen-bond acceptors (Lipinski definition) is 12. The van der Waals surface area contributed by atoms with Gasteiger partial charge < -0.3 is 29.5 Å². The topological polar surface area (TPSA) is 135 Å². The van der Waals surface area contributed by atoms with Gasteiger partial charge >= 0.3 is 0 Å². The number of piperazine rings is 1. The van der Waals surface area contributed by atoms with Crippen molar-refractivity contribution in [2.75, 3.05) is 78.9 Å². The van der Waals surface area contributed by atoms with E-state index in [2.05, 4.69) is 69.0 Å². The zero-order chi connectivity index (χ0) is 32.3. The number of amides is 1. The monoisotopic (exact) mass is 650 g/mol. The highest BCUT2D eigenvalue weighted by Crippen LogP contribution is 2.37. The van der Waals surface area contributed by atoms with Crippen LogP contribution in [0.5, 0.6) is 0 Å². The van der Waals surface area contributed by atoms with Gasteiger partial charge in [-0.2, -0.15) is 0 Å². The highest BCUT2D eigenvalue weighted by atomic mass is 16.5. The van der Waals surface area contributed by atoms with Gasteiger partial charge in [-0.15, -0.1) is 0 Å². The molecule has 5 aliphatic heterocycles. The predicted octanol–water partition coefficient (Wildman–Crippen LogP) is -0.729. The Morgan fingerprint density at radius 3 is 2.54 bits per heavy atom. The Kier molecular flexibility index (Phi) is 11.9. The van der Waals surface area contributed by atoms with Gasteiger partial charge in [0.05, 0.1) is 63.1 Å². The number of nitrogens with zero attached hydrogens (tertiary/aromatic N) is 3. The van der Waals surface area contributed by atoms with E-state index in [-0.39, 0.29) is 42.6 Å². The van der Waals surface area contributed by atoms with Crippen LogP contribution >= 0.6 is 0 Å². The standard InChI is InChI=1S/C33H62N8O5/c1-22-29(46-21-35-22)20-45-27-6-5-24-16-39(8-7-23(24)13-27)17-26(42)15-34-31(43)28-14-30(36-25-18-44-19-25)38-32(37-28)40-9-11-41(12-10-40)33(2,3)4/h22-30,32,35-38,42H,5-21H2,1-4H3,(H,34,43)/t22?,23?,24?,26-,27?,28?,29?,30?,32?/m0/s1. The van der Waals surface area contributed by atoms with Gasteiger partial charge in [-0.3, -0.25) is 35.9 Å². The number of ether oxygens (including phenoxy) is 3. The number of piperidine rings is 1. The molecule has 6 N–H and O–H groups in total.